The number of fused-ring (bicyclic) bond motifs is 1. The molecule has 3 heteroatoms. The summed E-state index contributed by atoms with van der Waals surface area (Å²) in [4.78, 5) is 2.11. The monoisotopic (exact) mass is 310 g/mol. The van der Waals surface area contributed by atoms with Gasteiger partial charge in [0.1, 0.15) is 0 Å². The molecule has 0 saturated carbocycles. The van der Waals surface area contributed by atoms with Crippen LogP contribution in [0.1, 0.15) is 44.0 Å². The predicted molar refractivity (Wildman–Crippen MR) is 96.9 cm³/mol. The quantitative estimate of drug-likeness (QED) is 0.868. The normalized spacial score (nSPS) is 18.9. The summed E-state index contributed by atoms with van der Waals surface area (Å²) in [5.41, 5.74) is 4.60. The molecule has 3 rings (SSSR count). The molecule has 1 aliphatic heterocycles. The molecule has 1 atom stereocenters. The lowest BCUT2D eigenvalue weighted by Gasteiger charge is -2.43. The van der Waals surface area contributed by atoms with E-state index in [1.54, 1.807) is 0 Å². The number of nitrogens with zero attached hydrogens (tertiary/aromatic N) is 1. The molecular formula is C20H26N2O. The molecule has 2 aromatic rings. The third-order valence-corrected chi connectivity index (χ3v) is 4.90. The maximum absolute atomic E-state index is 6.56. The third kappa shape index (κ3) is 2.81. The second-order valence-corrected chi connectivity index (χ2v) is 6.38. The van der Waals surface area contributed by atoms with Crippen molar-refractivity contribution in [3.05, 3.63) is 59.7 Å². The fraction of sp³-hybridized carbons (Fsp3) is 0.400. The molecular weight excluding hydrogens is 284 g/mol. The highest BCUT2D eigenvalue weighted by molar-refractivity contribution is 5.57. The van der Waals surface area contributed by atoms with Gasteiger partial charge < -0.3 is 15.0 Å². The van der Waals surface area contributed by atoms with Crippen molar-refractivity contribution < 1.29 is 4.74 Å². The number of anilines is 2. The van der Waals surface area contributed by atoms with Crippen LogP contribution >= 0.6 is 0 Å². The van der Waals surface area contributed by atoms with Gasteiger partial charge in [-0.1, -0.05) is 44.2 Å². The van der Waals surface area contributed by atoms with Crippen molar-refractivity contribution in [3.8, 4) is 0 Å². The lowest BCUT2D eigenvalue weighted by atomic mass is 9.85. The molecule has 0 bridgehead atoms. The molecule has 23 heavy (non-hydrogen) atoms. The van der Waals surface area contributed by atoms with Crippen LogP contribution < -0.4 is 10.2 Å². The van der Waals surface area contributed by atoms with E-state index >= 15 is 0 Å². The van der Waals surface area contributed by atoms with Crippen molar-refractivity contribution in [2.45, 2.75) is 38.5 Å². The summed E-state index contributed by atoms with van der Waals surface area (Å²) in [5.74, 6) is 0. The van der Waals surface area contributed by atoms with Crippen LogP contribution in [0.4, 0.5) is 11.4 Å². The maximum Gasteiger partial charge on any atom is 0.155 e. The molecule has 1 N–H and O–H groups in total. The van der Waals surface area contributed by atoms with Crippen molar-refractivity contribution in [1.29, 1.82) is 0 Å². The molecule has 0 unspecified atom stereocenters. The summed E-state index contributed by atoms with van der Waals surface area (Å²) < 4.78 is 6.56. The lowest BCUT2D eigenvalue weighted by molar-refractivity contribution is -0.103. The first-order chi connectivity index (χ1) is 11.1. The van der Waals surface area contributed by atoms with E-state index < -0.39 is 0 Å². The summed E-state index contributed by atoms with van der Waals surface area (Å²) in [7, 11) is 4.11. The minimum atomic E-state index is -0.216. The number of nitrogens with one attached hydrogen (secondary N) is 1. The molecule has 0 aromatic heterocycles. The number of para-hydroxylation sites is 1. The van der Waals surface area contributed by atoms with E-state index in [4.69, 9.17) is 4.74 Å². The van der Waals surface area contributed by atoms with Gasteiger partial charge in [-0.15, -0.1) is 0 Å². The van der Waals surface area contributed by atoms with Gasteiger partial charge in [0.2, 0.25) is 0 Å². The fourth-order valence-electron chi connectivity index (χ4n) is 3.36. The summed E-state index contributed by atoms with van der Waals surface area (Å²) in [6, 6.07) is 17.1. The number of hydrogen-bond donors (Lipinski definition) is 1. The standard InChI is InChI=1S/C20H26N2O/c1-5-20(6-2)17-9-7-8-10-18(17)21-19(23-20)15-11-13-16(14-12-15)22(3)4/h7-14,19,21H,5-6H2,1-4H3/t19-/m0/s1. The fourth-order valence-corrected chi connectivity index (χ4v) is 3.36. The number of hydrogen-bond acceptors (Lipinski definition) is 3. The van der Waals surface area contributed by atoms with Gasteiger partial charge in [0.05, 0.1) is 5.60 Å². The molecule has 0 spiro atoms. The molecule has 1 heterocycles. The Morgan fingerprint density at radius 2 is 1.65 bits per heavy atom. The van der Waals surface area contributed by atoms with E-state index in [9.17, 15) is 0 Å². The van der Waals surface area contributed by atoms with Crippen LogP contribution in [-0.2, 0) is 10.3 Å². The third-order valence-electron chi connectivity index (χ3n) is 4.90. The summed E-state index contributed by atoms with van der Waals surface area (Å²) in [6.07, 6.45) is 1.82. The zero-order chi connectivity index (χ0) is 16.4. The van der Waals surface area contributed by atoms with E-state index in [1.807, 2.05) is 0 Å². The molecule has 2 aromatic carbocycles. The van der Waals surface area contributed by atoms with Gasteiger partial charge in [-0.3, -0.25) is 0 Å². The first kappa shape index (κ1) is 15.9. The second-order valence-electron chi connectivity index (χ2n) is 6.38. The molecule has 0 radical (unpaired) electrons. The highest BCUT2D eigenvalue weighted by atomic mass is 16.5. The zero-order valence-corrected chi connectivity index (χ0v) is 14.5. The predicted octanol–water partition coefficient (Wildman–Crippen LogP) is 4.91. The Balaban J connectivity index is 1.97. The van der Waals surface area contributed by atoms with Crippen LogP contribution in [-0.4, -0.2) is 14.1 Å². The second kappa shape index (κ2) is 6.25. The van der Waals surface area contributed by atoms with Crippen LogP contribution in [0.5, 0.6) is 0 Å². The lowest BCUT2D eigenvalue weighted by Crippen LogP contribution is -2.37. The van der Waals surface area contributed by atoms with Crippen molar-refractivity contribution in [3.63, 3.8) is 0 Å². The Hall–Kier alpha value is -2.00. The minimum absolute atomic E-state index is 0.110. The van der Waals surface area contributed by atoms with E-state index in [0.29, 0.717) is 0 Å². The molecule has 0 amide bonds. The Morgan fingerprint density at radius 1 is 1.00 bits per heavy atom. The van der Waals surface area contributed by atoms with E-state index in [1.165, 1.54) is 16.9 Å². The topological polar surface area (TPSA) is 24.5 Å². The first-order valence-corrected chi connectivity index (χ1v) is 8.41. The molecule has 1 aliphatic rings. The van der Waals surface area contributed by atoms with Crippen molar-refractivity contribution in [2.75, 3.05) is 24.3 Å². The van der Waals surface area contributed by atoms with Crippen LogP contribution in [0.2, 0.25) is 0 Å². The van der Waals surface area contributed by atoms with Gasteiger partial charge in [-0.05, 0) is 31.0 Å². The number of benzene rings is 2. The molecule has 122 valence electrons. The maximum atomic E-state index is 6.56. The van der Waals surface area contributed by atoms with E-state index in [0.717, 1.165) is 18.4 Å². The van der Waals surface area contributed by atoms with E-state index in [-0.39, 0.29) is 11.8 Å². The van der Waals surface area contributed by atoms with Crippen molar-refractivity contribution in [1.82, 2.24) is 0 Å². The highest BCUT2D eigenvalue weighted by Gasteiger charge is 2.38. The van der Waals surface area contributed by atoms with Gasteiger partial charge in [0.15, 0.2) is 6.23 Å². The average Bonchev–Trinajstić information content (AvgIpc) is 2.60. The largest absolute Gasteiger partial charge is 0.378 e. The van der Waals surface area contributed by atoms with Gasteiger partial charge >= 0.3 is 0 Å². The van der Waals surface area contributed by atoms with Crippen LogP contribution in [0.3, 0.4) is 0 Å². The Morgan fingerprint density at radius 3 is 2.26 bits per heavy atom. The smallest absolute Gasteiger partial charge is 0.155 e. The van der Waals surface area contributed by atoms with Crippen LogP contribution in [0.15, 0.2) is 48.5 Å². The number of rotatable bonds is 4. The Labute approximate surface area is 139 Å². The van der Waals surface area contributed by atoms with Crippen molar-refractivity contribution in [2.24, 2.45) is 0 Å². The molecule has 0 saturated heterocycles. The average molecular weight is 310 g/mol. The Bertz CT molecular complexity index is 660. The van der Waals surface area contributed by atoms with Gasteiger partial charge in [-0.25, -0.2) is 0 Å². The summed E-state index contributed by atoms with van der Waals surface area (Å²) >= 11 is 0. The highest BCUT2D eigenvalue weighted by Crippen LogP contribution is 2.45. The summed E-state index contributed by atoms with van der Waals surface area (Å²) in [5, 5.41) is 3.55. The van der Waals surface area contributed by atoms with E-state index in [2.05, 4.69) is 86.7 Å². The zero-order valence-electron chi connectivity index (χ0n) is 14.5. The number of ether oxygens (including phenoxy) is 1. The molecule has 0 fully saturated rings. The van der Waals surface area contributed by atoms with Gasteiger partial charge in [-0.2, -0.15) is 0 Å². The van der Waals surface area contributed by atoms with Crippen LogP contribution in [0.25, 0.3) is 0 Å². The minimum Gasteiger partial charge on any atom is -0.378 e. The summed E-state index contributed by atoms with van der Waals surface area (Å²) in [6.45, 7) is 4.41. The van der Waals surface area contributed by atoms with Crippen LogP contribution in [0, 0.1) is 0 Å². The van der Waals surface area contributed by atoms with Crippen molar-refractivity contribution >= 4 is 11.4 Å². The van der Waals surface area contributed by atoms with Gasteiger partial charge in [0.25, 0.3) is 0 Å². The Kier molecular flexibility index (Phi) is 4.31. The SMILES string of the molecule is CCC1(CC)O[C@@H](c2ccc(N(C)C)cc2)Nc2ccccc21. The molecule has 3 nitrogen and oxygen atoms in total. The first-order valence-electron chi connectivity index (χ1n) is 8.41. The van der Waals surface area contributed by atoms with Gasteiger partial charge in [0, 0.05) is 36.6 Å². The molecule has 0 aliphatic carbocycles.